The molecule has 0 bridgehead atoms. The van der Waals surface area contributed by atoms with Gasteiger partial charge in [-0.15, -0.1) is 0 Å². The first-order valence-electron chi connectivity index (χ1n) is 29.5. The number of aromatic nitrogens is 4. The highest BCUT2D eigenvalue weighted by atomic mass is 15.2. The molecule has 0 aliphatic carbocycles. The highest BCUT2D eigenvalue weighted by molar-refractivity contribution is 5.07. The van der Waals surface area contributed by atoms with Gasteiger partial charge in [0.2, 0.25) is 0 Å². The largest absolute Gasteiger partial charge is 0.310 e. The van der Waals surface area contributed by atoms with Crippen molar-refractivity contribution in [3.05, 3.63) is 120 Å². The van der Waals surface area contributed by atoms with E-state index in [0.29, 0.717) is 0 Å². The summed E-state index contributed by atoms with van der Waals surface area (Å²) < 4.78 is 0. The van der Waals surface area contributed by atoms with Crippen LogP contribution >= 0.6 is 0 Å². The molecule has 4 heterocycles. The number of nitrogens with one attached hydrogen (secondary N) is 1. The molecule has 0 saturated heterocycles. The molecule has 1 N–H and O–H groups in total. The van der Waals surface area contributed by atoms with Gasteiger partial charge in [0, 0.05) is 77.1 Å². The van der Waals surface area contributed by atoms with Crippen molar-refractivity contribution >= 4 is 0 Å². The fourth-order valence-corrected chi connectivity index (χ4v) is 5.17. The van der Waals surface area contributed by atoms with Gasteiger partial charge in [0.25, 0.3) is 0 Å². The molecule has 0 spiro atoms. The molecule has 4 aromatic heterocycles. The third-order valence-electron chi connectivity index (χ3n) is 10.7. The zero-order valence-corrected chi connectivity index (χ0v) is 51.7. The average Bonchev–Trinajstić information content (AvgIpc) is 3.43. The highest BCUT2D eigenvalue weighted by Crippen LogP contribution is 2.07. The quantitative estimate of drug-likeness (QED) is 0.0619. The van der Waals surface area contributed by atoms with E-state index in [1.807, 2.05) is 79.4 Å². The minimum Gasteiger partial charge on any atom is -0.310 e. The maximum atomic E-state index is 4.45. The Bertz CT molecular complexity index is 1400. The van der Waals surface area contributed by atoms with Crippen LogP contribution in [-0.4, -0.2) is 106 Å². The van der Waals surface area contributed by atoms with Gasteiger partial charge in [0.15, 0.2) is 0 Å². The molecule has 0 radical (unpaired) electrons. The number of hydrogen-bond acceptors (Lipinski definition) is 9. The van der Waals surface area contributed by atoms with E-state index < -0.39 is 0 Å². The molecular formula is C64H123N9. The SMILES string of the molecule is CCCC.CCCC.CCCC.CCCC.CCCC.CCCC.CCCN(C)CCN(Cc1ccccn1)Cc1ccccn1.CCCN(C)CCNCc1ccccn1.CCCN(C)Cc1ccccn1. The van der Waals surface area contributed by atoms with E-state index in [-0.39, 0.29) is 0 Å². The summed E-state index contributed by atoms with van der Waals surface area (Å²) in [6.07, 6.45) is 26.8. The fraction of sp³-hybridized carbons (Fsp3) is 0.688. The van der Waals surface area contributed by atoms with Crippen molar-refractivity contribution in [2.45, 2.75) is 226 Å². The molecule has 4 rings (SSSR count). The number of likely N-dealkylation sites (N-methyl/N-ethyl adjacent to an activating group) is 2. The lowest BCUT2D eigenvalue weighted by Crippen LogP contribution is -2.33. The summed E-state index contributed by atoms with van der Waals surface area (Å²) >= 11 is 0. The van der Waals surface area contributed by atoms with Gasteiger partial charge < -0.3 is 20.0 Å². The summed E-state index contributed by atoms with van der Waals surface area (Å²) in [5.74, 6) is 0. The van der Waals surface area contributed by atoms with Crippen molar-refractivity contribution < 1.29 is 0 Å². The summed E-state index contributed by atoms with van der Waals surface area (Å²) in [6.45, 7) is 44.0. The number of hydrogen-bond donors (Lipinski definition) is 1. The molecule has 0 aromatic carbocycles. The van der Waals surface area contributed by atoms with Crippen LogP contribution in [0.2, 0.25) is 0 Å². The molecule has 424 valence electrons. The van der Waals surface area contributed by atoms with Crippen LogP contribution in [-0.2, 0) is 26.2 Å². The van der Waals surface area contributed by atoms with E-state index in [2.05, 4.69) is 188 Å². The van der Waals surface area contributed by atoms with Gasteiger partial charge >= 0.3 is 0 Å². The van der Waals surface area contributed by atoms with Crippen molar-refractivity contribution in [1.82, 2.24) is 44.9 Å². The molecule has 0 atom stereocenters. The predicted octanol–water partition coefficient (Wildman–Crippen LogP) is 17.1. The normalized spacial score (nSPS) is 9.84. The Balaban J connectivity index is -0.000000265. The number of pyridine rings is 4. The molecule has 9 heteroatoms. The number of rotatable bonds is 26. The lowest BCUT2D eigenvalue weighted by atomic mass is 10.3. The number of nitrogens with zero attached hydrogens (tertiary/aromatic N) is 8. The lowest BCUT2D eigenvalue weighted by Gasteiger charge is -2.25. The van der Waals surface area contributed by atoms with E-state index in [1.165, 1.54) is 103 Å². The molecule has 9 nitrogen and oxygen atoms in total. The van der Waals surface area contributed by atoms with Crippen LogP contribution in [0.15, 0.2) is 97.6 Å². The summed E-state index contributed by atoms with van der Waals surface area (Å²) in [4.78, 5) is 26.8. The van der Waals surface area contributed by atoms with Crippen molar-refractivity contribution in [2.24, 2.45) is 0 Å². The monoisotopic (exact) mass is 1020 g/mol. The van der Waals surface area contributed by atoms with Crippen molar-refractivity contribution in [3.8, 4) is 0 Å². The minimum absolute atomic E-state index is 0.859. The molecule has 0 aliphatic heterocycles. The summed E-state index contributed by atoms with van der Waals surface area (Å²) in [7, 11) is 6.47. The third kappa shape index (κ3) is 66.4. The van der Waals surface area contributed by atoms with Crippen molar-refractivity contribution in [1.29, 1.82) is 0 Å². The van der Waals surface area contributed by atoms with Gasteiger partial charge in [-0.3, -0.25) is 24.8 Å². The third-order valence-corrected chi connectivity index (χ3v) is 10.7. The fourth-order valence-electron chi connectivity index (χ4n) is 5.17. The Labute approximate surface area is 456 Å². The Morgan fingerprint density at radius 3 is 0.877 bits per heavy atom. The molecule has 0 unspecified atom stereocenters. The molecule has 0 fully saturated rings. The van der Waals surface area contributed by atoms with Gasteiger partial charge in [-0.25, -0.2) is 0 Å². The van der Waals surface area contributed by atoms with Crippen LogP contribution in [0.25, 0.3) is 0 Å². The summed E-state index contributed by atoms with van der Waals surface area (Å²) in [5, 5.41) is 3.39. The second kappa shape index (κ2) is 68.4. The Kier molecular flexibility index (Phi) is 73.4. The van der Waals surface area contributed by atoms with E-state index in [4.69, 9.17) is 0 Å². The molecule has 0 amide bonds. The van der Waals surface area contributed by atoms with Crippen LogP contribution in [0.3, 0.4) is 0 Å². The first kappa shape index (κ1) is 78.3. The Hall–Kier alpha value is -3.60. The second-order valence-electron chi connectivity index (χ2n) is 18.5. The first-order chi connectivity index (χ1) is 35.4. The molecule has 0 saturated carbocycles. The van der Waals surface area contributed by atoms with Crippen LogP contribution in [0.4, 0.5) is 0 Å². The van der Waals surface area contributed by atoms with Gasteiger partial charge in [-0.1, -0.05) is 205 Å². The predicted molar refractivity (Wildman–Crippen MR) is 328 cm³/mol. The van der Waals surface area contributed by atoms with Gasteiger partial charge in [0.05, 0.1) is 22.8 Å². The Morgan fingerprint density at radius 2 is 0.589 bits per heavy atom. The zero-order valence-electron chi connectivity index (χ0n) is 51.7. The van der Waals surface area contributed by atoms with E-state index >= 15 is 0 Å². The molecule has 73 heavy (non-hydrogen) atoms. The van der Waals surface area contributed by atoms with Gasteiger partial charge in [-0.2, -0.15) is 0 Å². The van der Waals surface area contributed by atoms with E-state index in [1.54, 1.807) is 0 Å². The van der Waals surface area contributed by atoms with E-state index in [9.17, 15) is 0 Å². The zero-order chi connectivity index (χ0) is 55.9. The molecule has 4 aromatic rings. The maximum absolute atomic E-state index is 4.45. The van der Waals surface area contributed by atoms with Crippen LogP contribution < -0.4 is 5.32 Å². The van der Waals surface area contributed by atoms with Gasteiger partial charge in [0.1, 0.15) is 0 Å². The van der Waals surface area contributed by atoms with Crippen LogP contribution in [0, 0.1) is 0 Å². The topological polar surface area (TPSA) is 76.6 Å². The minimum atomic E-state index is 0.859. The van der Waals surface area contributed by atoms with Crippen LogP contribution in [0.5, 0.6) is 0 Å². The van der Waals surface area contributed by atoms with Crippen LogP contribution in [0.1, 0.15) is 223 Å². The second-order valence-corrected chi connectivity index (χ2v) is 18.5. The summed E-state index contributed by atoms with van der Waals surface area (Å²) in [5.41, 5.74) is 4.47. The average molecular weight is 1020 g/mol. The lowest BCUT2D eigenvalue weighted by molar-refractivity contribution is 0.208. The summed E-state index contributed by atoms with van der Waals surface area (Å²) in [6, 6.07) is 24.2. The smallest absolute Gasteiger partial charge is 0.0544 e. The van der Waals surface area contributed by atoms with Gasteiger partial charge in [-0.05, 0) is 109 Å². The molecule has 0 aliphatic rings. The Morgan fingerprint density at radius 1 is 0.301 bits per heavy atom. The van der Waals surface area contributed by atoms with Crippen molar-refractivity contribution in [3.63, 3.8) is 0 Å². The standard InChI is InChI=1S/C18H26N4.C12H21N3.C10H16N2.6C4H10/c1-3-12-21(2)13-14-22(15-17-8-4-6-10-19-17)16-18-9-5-7-11-20-18;1-3-9-15(2)10-8-13-11-12-6-4-5-7-14-12;1-3-8-12(2)9-10-6-4-5-7-11-10;6*1-3-4-2/h4-11H,3,12-16H2,1-2H3;4-7,13H,3,8-11H2,1-2H3;4-7H,3,8-9H2,1-2H3;6*3-4H2,1-2H3. The maximum Gasteiger partial charge on any atom is 0.0544 e. The van der Waals surface area contributed by atoms with Crippen molar-refractivity contribution in [2.75, 3.05) is 67.0 Å². The molecular weight excluding hydrogens is 895 g/mol. The highest BCUT2D eigenvalue weighted by Gasteiger charge is 2.10. The number of unbranched alkanes of at least 4 members (excludes halogenated alkanes) is 6. The van der Waals surface area contributed by atoms with E-state index in [0.717, 1.165) is 88.2 Å². The first-order valence-corrected chi connectivity index (χ1v) is 29.5.